The number of terminal acetylenes is 1. The zero-order valence-electron chi connectivity index (χ0n) is 19.3. The molecular weight excluding hydrogens is 452 g/mol. The second-order valence-electron chi connectivity index (χ2n) is 8.06. The predicted octanol–water partition coefficient (Wildman–Crippen LogP) is 3.39. The summed E-state index contributed by atoms with van der Waals surface area (Å²) >= 11 is 3.35. The van der Waals surface area contributed by atoms with E-state index in [1.165, 1.54) is 16.0 Å². The molecule has 0 saturated carbocycles. The molecule has 1 aliphatic rings. The Labute approximate surface area is 205 Å². The lowest BCUT2D eigenvalue weighted by molar-refractivity contribution is -0.126. The molecule has 0 bridgehead atoms. The highest BCUT2D eigenvalue weighted by Gasteiger charge is 2.28. The molecule has 2 N–H and O–H groups in total. The van der Waals surface area contributed by atoms with Crippen molar-refractivity contribution in [2.24, 2.45) is 0 Å². The molecular formula is C25H32N4O2S2. The van der Waals surface area contributed by atoms with Gasteiger partial charge in [0.25, 0.3) is 0 Å². The van der Waals surface area contributed by atoms with Crippen LogP contribution in [0.3, 0.4) is 0 Å². The normalized spacial score (nSPS) is 15.7. The van der Waals surface area contributed by atoms with E-state index in [0.717, 1.165) is 25.9 Å². The number of nitrogens with zero attached hydrogens (tertiary/aromatic N) is 2. The number of carbonyl (C=O) groups is 2. The topological polar surface area (TPSA) is 64.7 Å². The first-order valence-electron chi connectivity index (χ1n) is 11.2. The largest absolute Gasteiger partial charge is 0.346 e. The second-order valence-corrected chi connectivity index (χ2v) is 9.84. The van der Waals surface area contributed by atoms with Crippen LogP contribution in [0.25, 0.3) is 10.4 Å². The molecule has 0 spiro atoms. The van der Waals surface area contributed by atoms with E-state index in [2.05, 4.69) is 74.5 Å². The second kappa shape index (κ2) is 12.8. The minimum absolute atomic E-state index is 0.0524. The van der Waals surface area contributed by atoms with Crippen LogP contribution in [0.15, 0.2) is 41.8 Å². The first-order chi connectivity index (χ1) is 16.0. The van der Waals surface area contributed by atoms with Gasteiger partial charge in [-0.2, -0.15) is 0 Å². The fourth-order valence-electron chi connectivity index (χ4n) is 4.10. The summed E-state index contributed by atoms with van der Waals surface area (Å²) in [4.78, 5) is 27.8. The van der Waals surface area contributed by atoms with Crippen molar-refractivity contribution >= 4 is 35.1 Å². The van der Waals surface area contributed by atoms with E-state index < -0.39 is 0 Å². The minimum atomic E-state index is -0.276. The third kappa shape index (κ3) is 7.34. The zero-order valence-corrected chi connectivity index (χ0v) is 20.9. The van der Waals surface area contributed by atoms with Crippen molar-refractivity contribution < 1.29 is 9.59 Å². The average molecular weight is 485 g/mol. The van der Waals surface area contributed by atoms with Crippen molar-refractivity contribution in [3.8, 4) is 22.8 Å². The molecule has 1 aliphatic heterocycles. The molecule has 1 atom stereocenters. The molecule has 1 unspecified atom stereocenters. The molecule has 2 amide bonds. The third-order valence-corrected chi connectivity index (χ3v) is 7.81. The Morgan fingerprint density at radius 3 is 2.70 bits per heavy atom. The number of piperidine rings is 1. The summed E-state index contributed by atoms with van der Waals surface area (Å²) in [5, 5.41) is 7.33. The quantitative estimate of drug-likeness (QED) is 0.400. The first-order valence-corrected chi connectivity index (χ1v) is 13.2. The summed E-state index contributed by atoms with van der Waals surface area (Å²) < 4.78 is 2.13. The van der Waals surface area contributed by atoms with E-state index in [9.17, 15) is 9.59 Å². The monoisotopic (exact) mass is 484 g/mol. The van der Waals surface area contributed by atoms with Gasteiger partial charge in [0.15, 0.2) is 0 Å². The van der Waals surface area contributed by atoms with Gasteiger partial charge in [0.2, 0.25) is 11.8 Å². The number of hydrogen-bond donors (Lipinski definition) is 2. The highest BCUT2D eigenvalue weighted by atomic mass is 32.2. The molecule has 8 heteroatoms. The van der Waals surface area contributed by atoms with Crippen LogP contribution in [0.5, 0.6) is 0 Å². The van der Waals surface area contributed by atoms with Gasteiger partial charge in [-0.1, -0.05) is 42.1 Å². The third-order valence-electron chi connectivity index (χ3n) is 6.00. The molecule has 2 heterocycles. The molecule has 176 valence electrons. The lowest BCUT2D eigenvalue weighted by Gasteiger charge is -2.39. The maximum Gasteiger partial charge on any atom is 0.240 e. The molecule has 1 fully saturated rings. The number of carbonyl (C=O) groups excluding carboxylic acids is 2. The first kappa shape index (κ1) is 25.3. The van der Waals surface area contributed by atoms with E-state index in [1.807, 2.05) is 6.26 Å². The van der Waals surface area contributed by atoms with Crippen LogP contribution < -0.4 is 10.6 Å². The molecule has 1 saturated heterocycles. The van der Waals surface area contributed by atoms with Crippen LogP contribution in [0.1, 0.15) is 31.4 Å². The summed E-state index contributed by atoms with van der Waals surface area (Å²) in [5.41, 5.74) is 2.61. The van der Waals surface area contributed by atoms with Crippen molar-refractivity contribution in [2.75, 3.05) is 39.0 Å². The van der Waals surface area contributed by atoms with Crippen molar-refractivity contribution in [1.82, 2.24) is 19.8 Å². The number of hydrogen-bond acceptors (Lipinski definition) is 6. The Kier molecular flexibility index (Phi) is 9.82. The van der Waals surface area contributed by atoms with E-state index in [4.69, 9.17) is 6.42 Å². The molecule has 2 aromatic rings. The Morgan fingerprint density at radius 1 is 1.24 bits per heavy atom. The Hall–Kier alpha value is -2.31. The summed E-state index contributed by atoms with van der Waals surface area (Å²) in [5.74, 6) is 1.91. The van der Waals surface area contributed by atoms with Crippen molar-refractivity contribution in [3.05, 3.63) is 47.3 Å². The van der Waals surface area contributed by atoms with Crippen LogP contribution in [0.2, 0.25) is 0 Å². The number of likely N-dealkylation sites (tertiary alicyclic amines) is 1. The number of nitrogens with one attached hydrogen (secondary N) is 2. The van der Waals surface area contributed by atoms with Crippen molar-refractivity contribution in [3.63, 3.8) is 0 Å². The molecule has 0 radical (unpaired) electrons. The summed E-state index contributed by atoms with van der Waals surface area (Å²) in [6, 6.07) is 13.8. The van der Waals surface area contributed by atoms with Crippen LogP contribution >= 0.6 is 23.3 Å². The fraction of sp³-hybridized carbons (Fsp3) is 0.440. The lowest BCUT2D eigenvalue weighted by Crippen LogP contribution is -2.47. The van der Waals surface area contributed by atoms with Gasteiger partial charge in [0.1, 0.15) is 0 Å². The smallest absolute Gasteiger partial charge is 0.240 e. The van der Waals surface area contributed by atoms with Gasteiger partial charge in [0.05, 0.1) is 19.6 Å². The summed E-state index contributed by atoms with van der Waals surface area (Å²) in [6.07, 6.45) is 9.13. The molecule has 1 aromatic heterocycles. The maximum absolute atomic E-state index is 12.3. The minimum Gasteiger partial charge on any atom is -0.346 e. The van der Waals surface area contributed by atoms with Crippen molar-refractivity contribution in [2.45, 2.75) is 31.8 Å². The SMILES string of the molecule is C#CCNC(=O)CNC(=O)CN(SC)C1CCN(C(C)c2cccc(-c3cccs3)c2)CC1. The van der Waals surface area contributed by atoms with Crippen molar-refractivity contribution in [1.29, 1.82) is 0 Å². The van der Waals surface area contributed by atoms with Crippen LogP contribution in [-0.2, 0) is 9.59 Å². The predicted molar refractivity (Wildman–Crippen MR) is 138 cm³/mol. The number of thiophene rings is 1. The average Bonchev–Trinajstić information content (AvgIpc) is 3.40. The van der Waals surface area contributed by atoms with Gasteiger partial charge in [-0.3, -0.25) is 14.5 Å². The summed E-state index contributed by atoms with van der Waals surface area (Å²) in [7, 11) is 0. The van der Waals surface area contributed by atoms with Gasteiger partial charge < -0.3 is 10.6 Å². The van der Waals surface area contributed by atoms with Crippen LogP contribution in [-0.4, -0.2) is 66.0 Å². The number of rotatable bonds is 10. The molecule has 3 rings (SSSR count). The number of amides is 2. The van der Waals surface area contributed by atoms with E-state index in [-0.39, 0.29) is 31.4 Å². The number of benzene rings is 1. The highest BCUT2D eigenvalue weighted by Crippen LogP contribution is 2.31. The lowest BCUT2D eigenvalue weighted by atomic mass is 9.98. The standard InChI is InChI=1S/C25H32N4O2S2/c1-4-12-26-24(30)17-27-25(31)18-29(32-3)22-10-13-28(14-11-22)19(2)20-7-5-8-21(16-20)23-9-6-15-33-23/h1,5-9,15-16,19,22H,10-14,17-18H2,2-3H3,(H,26,30)(H,27,31). The van der Waals surface area contributed by atoms with Crippen LogP contribution in [0.4, 0.5) is 0 Å². The zero-order chi connectivity index (χ0) is 23.6. The van der Waals surface area contributed by atoms with E-state index >= 15 is 0 Å². The molecule has 1 aromatic carbocycles. The van der Waals surface area contributed by atoms with Gasteiger partial charge in [-0.25, -0.2) is 4.31 Å². The Morgan fingerprint density at radius 2 is 2.03 bits per heavy atom. The van der Waals surface area contributed by atoms with Crippen LogP contribution in [0, 0.1) is 12.3 Å². The molecule has 33 heavy (non-hydrogen) atoms. The molecule has 0 aliphatic carbocycles. The van der Waals surface area contributed by atoms with Gasteiger partial charge in [-0.05, 0) is 54.7 Å². The van der Waals surface area contributed by atoms with Gasteiger partial charge in [-0.15, -0.1) is 17.8 Å². The highest BCUT2D eigenvalue weighted by molar-refractivity contribution is 7.96. The Bertz CT molecular complexity index is 950. The van der Waals surface area contributed by atoms with Gasteiger partial charge >= 0.3 is 0 Å². The maximum atomic E-state index is 12.3. The Balaban J connectivity index is 1.49. The fourth-order valence-corrected chi connectivity index (χ4v) is 5.58. The van der Waals surface area contributed by atoms with E-state index in [0.29, 0.717) is 12.1 Å². The summed E-state index contributed by atoms with van der Waals surface area (Å²) in [6.45, 7) is 4.64. The van der Waals surface area contributed by atoms with Gasteiger partial charge in [0, 0.05) is 30.1 Å². The molecule has 6 nitrogen and oxygen atoms in total. The van der Waals surface area contributed by atoms with E-state index in [1.54, 1.807) is 23.3 Å².